The van der Waals surface area contributed by atoms with Crippen molar-refractivity contribution in [2.45, 2.75) is 11.8 Å². The van der Waals surface area contributed by atoms with E-state index < -0.39 is 0 Å². The molecule has 0 N–H and O–H groups in total. The highest BCUT2D eigenvalue weighted by Gasteiger charge is 2.19. The van der Waals surface area contributed by atoms with E-state index in [0.717, 1.165) is 20.3 Å². The Morgan fingerprint density at radius 3 is 2.45 bits per heavy atom. The van der Waals surface area contributed by atoms with Gasteiger partial charge in [-0.05, 0) is 48.5 Å². The SMILES string of the molecule is Cc1nc(C(=O)Sc2ccc(Cl)cc2)c(-c2ccccc2)s1. The van der Waals surface area contributed by atoms with Crippen LogP contribution in [0, 0.1) is 6.92 Å². The summed E-state index contributed by atoms with van der Waals surface area (Å²) in [7, 11) is 0. The second kappa shape index (κ2) is 6.65. The molecule has 5 heteroatoms. The quantitative estimate of drug-likeness (QED) is 0.570. The van der Waals surface area contributed by atoms with Crippen molar-refractivity contribution in [1.82, 2.24) is 4.98 Å². The van der Waals surface area contributed by atoms with Crippen molar-refractivity contribution < 1.29 is 4.79 Å². The van der Waals surface area contributed by atoms with Crippen LogP contribution in [0.15, 0.2) is 59.5 Å². The molecule has 22 heavy (non-hydrogen) atoms. The van der Waals surface area contributed by atoms with Crippen LogP contribution >= 0.6 is 34.7 Å². The van der Waals surface area contributed by atoms with Crippen molar-refractivity contribution in [1.29, 1.82) is 0 Å². The summed E-state index contributed by atoms with van der Waals surface area (Å²) in [6.07, 6.45) is 0. The van der Waals surface area contributed by atoms with E-state index in [1.807, 2.05) is 49.4 Å². The number of halogens is 1. The lowest BCUT2D eigenvalue weighted by Crippen LogP contribution is -1.96. The lowest BCUT2D eigenvalue weighted by Gasteiger charge is -2.02. The van der Waals surface area contributed by atoms with Crippen LogP contribution in [-0.4, -0.2) is 10.1 Å². The van der Waals surface area contributed by atoms with Crippen LogP contribution in [-0.2, 0) is 0 Å². The Kier molecular flexibility index (Phi) is 4.62. The fourth-order valence-corrected chi connectivity index (χ4v) is 3.85. The van der Waals surface area contributed by atoms with Crippen molar-refractivity contribution >= 4 is 39.8 Å². The van der Waals surface area contributed by atoms with Crippen LogP contribution in [0.1, 0.15) is 15.5 Å². The fourth-order valence-electron chi connectivity index (χ4n) is 2.01. The molecule has 1 aromatic heterocycles. The average molecular weight is 346 g/mol. The van der Waals surface area contributed by atoms with Crippen molar-refractivity contribution in [2.75, 3.05) is 0 Å². The molecule has 0 radical (unpaired) electrons. The number of carbonyl (C=O) groups excluding carboxylic acids is 1. The molecule has 0 aliphatic rings. The molecule has 110 valence electrons. The zero-order valence-electron chi connectivity index (χ0n) is 11.7. The number of aromatic nitrogens is 1. The Balaban J connectivity index is 1.91. The summed E-state index contributed by atoms with van der Waals surface area (Å²) >= 11 is 8.59. The predicted octanol–water partition coefficient (Wildman–Crippen LogP) is 5.70. The summed E-state index contributed by atoms with van der Waals surface area (Å²) in [5, 5.41) is 1.50. The van der Waals surface area contributed by atoms with Crippen LogP contribution in [0.2, 0.25) is 5.02 Å². The van der Waals surface area contributed by atoms with E-state index in [-0.39, 0.29) is 5.12 Å². The summed E-state index contributed by atoms with van der Waals surface area (Å²) in [6, 6.07) is 17.1. The zero-order chi connectivity index (χ0) is 15.5. The highest BCUT2D eigenvalue weighted by atomic mass is 35.5. The summed E-state index contributed by atoms with van der Waals surface area (Å²) in [6.45, 7) is 1.92. The van der Waals surface area contributed by atoms with Gasteiger partial charge in [-0.25, -0.2) is 4.98 Å². The Bertz CT molecular complexity index is 797. The van der Waals surface area contributed by atoms with Crippen LogP contribution in [0.3, 0.4) is 0 Å². The third-order valence-electron chi connectivity index (χ3n) is 2.99. The van der Waals surface area contributed by atoms with Gasteiger partial charge in [0, 0.05) is 9.92 Å². The second-order valence-corrected chi connectivity index (χ2v) is 7.31. The molecule has 3 rings (SSSR count). The van der Waals surface area contributed by atoms with Crippen molar-refractivity contribution in [2.24, 2.45) is 0 Å². The fraction of sp³-hybridized carbons (Fsp3) is 0.0588. The molecule has 0 aliphatic carbocycles. The van der Waals surface area contributed by atoms with Gasteiger partial charge in [0.25, 0.3) is 0 Å². The topological polar surface area (TPSA) is 30.0 Å². The van der Waals surface area contributed by atoms with Gasteiger partial charge < -0.3 is 0 Å². The van der Waals surface area contributed by atoms with E-state index in [1.165, 1.54) is 11.8 Å². The maximum Gasteiger partial charge on any atom is 0.243 e. The van der Waals surface area contributed by atoms with Crippen molar-refractivity contribution in [3.63, 3.8) is 0 Å². The highest BCUT2D eigenvalue weighted by molar-refractivity contribution is 8.14. The number of carbonyl (C=O) groups is 1. The van der Waals surface area contributed by atoms with Gasteiger partial charge in [-0.2, -0.15) is 0 Å². The molecule has 0 amide bonds. The first-order valence-electron chi connectivity index (χ1n) is 6.64. The van der Waals surface area contributed by atoms with Crippen molar-refractivity contribution in [3.05, 3.63) is 70.3 Å². The Hall–Kier alpha value is -1.62. The lowest BCUT2D eigenvalue weighted by molar-refractivity contribution is 0.108. The molecule has 0 saturated heterocycles. The number of hydrogen-bond acceptors (Lipinski definition) is 4. The molecular formula is C17H12ClNOS2. The molecule has 0 bridgehead atoms. The Morgan fingerprint density at radius 2 is 1.77 bits per heavy atom. The Labute approximate surface area is 142 Å². The van der Waals surface area contributed by atoms with Gasteiger partial charge in [0.05, 0.1) is 9.88 Å². The number of thioether (sulfide) groups is 1. The third kappa shape index (κ3) is 3.40. The maximum atomic E-state index is 12.6. The normalized spacial score (nSPS) is 10.6. The molecule has 0 saturated carbocycles. The summed E-state index contributed by atoms with van der Waals surface area (Å²) in [5.74, 6) is 0. The number of aryl methyl sites for hydroxylation is 1. The molecule has 0 spiro atoms. The monoisotopic (exact) mass is 345 g/mol. The molecule has 2 aromatic carbocycles. The second-order valence-electron chi connectivity index (χ2n) is 4.62. The number of rotatable bonds is 3. The molecule has 2 nitrogen and oxygen atoms in total. The maximum absolute atomic E-state index is 12.6. The van der Waals surface area contributed by atoms with E-state index in [2.05, 4.69) is 4.98 Å². The molecule has 3 aromatic rings. The number of benzene rings is 2. The van der Waals surface area contributed by atoms with Crippen LogP contribution < -0.4 is 0 Å². The highest BCUT2D eigenvalue weighted by Crippen LogP contribution is 2.34. The summed E-state index contributed by atoms with van der Waals surface area (Å²) in [4.78, 5) is 18.8. The average Bonchev–Trinajstić information content (AvgIpc) is 2.92. The number of hydrogen-bond donors (Lipinski definition) is 0. The zero-order valence-corrected chi connectivity index (χ0v) is 14.1. The number of thiazole rings is 1. The van der Waals surface area contributed by atoms with E-state index in [0.29, 0.717) is 10.7 Å². The molecule has 0 aliphatic heterocycles. The first-order chi connectivity index (χ1) is 10.6. The van der Waals surface area contributed by atoms with Gasteiger partial charge in [-0.15, -0.1) is 11.3 Å². The van der Waals surface area contributed by atoms with Gasteiger partial charge in [-0.3, -0.25) is 4.79 Å². The molecule has 0 atom stereocenters. The molecular weight excluding hydrogens is 334 g/mol. The van der Waals surface area contributed by atoms with E-state index in [1.54, 1.807) is 23.5 Å². The first kappa shape index (κ1) is 15.3. The minimum absolute atomic E-state index is 0.0504. The van der Waals surface area contributed by atoms with Gasteiger partial charge in [0.2, 0.25) is 5.12 Å². The van der Waals surface area contributed by atoms with Gasteiger partial charge >= 0.3 is 0 Å². The van der Waals surface area contributed by atoms with Crippen LogP contribution in [0.5, 0.6) is 0 Å². The van der Waals surface area contributed by atoms with Crippen LogP contribution in [0.4, 0.5) is 0 Å². The van der Waals surface area contributed by atoms with Gasteiger partial charge in [0.15, 0.2) is 0 Å². The standard InChI is InChI=1S/C17H12ClNOS2/c1-11-19-15(16(21-11)12-5-3-2-4-6-12)17(20)22-14-9-7-13(18)8-10-14/h2-10H,1H3. The molecule has 1 heterocycles. The van der Waals surface area contributed by atoms with Gasteiger partial charge in [0.1, 0.15) is 5.69 Å². The smallest absolute Gasteiger partial charge is 0.243 e. The minimum atomic E-state index is -0.0504. The van der Waals surface area contributed by atoms with Gasteiger partial charge in [-0.1, -0.05) is 41.9 Å². The molecule has 0 fully saturated rings. The van der Waals surface area contributed by atoms with E-state index in [9.17, 15) is 4.79 Å². The molecule has 0 unspecified atom stereocenters. The van der Waals surface area contributed by atoms with E-state index >= 15 is 0 Å². The summed E-state index contributed by atoms with van der Waals surface area (Å²) < 4.78 is 0. The largest absolute Gasteiger partial charge is 0.279 e. The van der Waals surface area contributed by atoms with E-state index in [4.69, 9.17) is 11.6 Å². The first-order valence-corrected chi connectivity index (χ1v) is 8.65. The summed E-state index contributed by atoms with van der Waals surface area (Å²) in [5.41, 5.74) is 1.54. The predicted molar refractivity (Wildman–Crippen MR) is 93.9 cm³/mol. The number of nitrogens with zero attached hydrogens (tertiary/aromatic N) is 1. The third-order valence-corrected chi connectivity index (χ3v) is 5.15. The lowest BCUT2D eigenvalue weighted by atomic mass is 10.2. The van der Waals surface area contributed by atoms with Crippen molar-refractivity contribution in [3.8, 4) is 10.4 Å². The minimum Gasteiger partial charge on any atom is -0.279 e. The van der Waals surface area contributed by atoms with Crippen LogP contribution in [0.25, 0.3) is 10.4 Å². The Morgan fingerprint density at radius 1 is 1.09 bits per heavy atom.